The lowest BCUT2D eigenvalue weighted by molar-refractivity contribution is 0.105. The fourth-order valence-corrected chi connectivity index (χ4v) is 1.66. The van der Waals surface area contributed by atoms with E-state index in [2.05, 4.69) is 11.8 Å². The summed E-state index contributed by atoms with van der Waals surface area (Å²) in [6.45, 7) is 0. The van der Waals surface area contributed by atoms with Gasteiger partial charge in [0.05, 0.1) is 7.11 Å². The molecule has 1 aromatic carbocycles. The van der Waals surface area contributed by atoms with Crippen LogP contribution in [0.2, 0.25) is 0 Å². The first-order chi connectivity index (χ1) is 8.72. The number of ether oxygens (including phenoxy) is 1. The molecule has 18 heavy (non-hydrogen) atoms. The number of phenols is 1. The topological polar surface area (TPSA) is 46.5 Å². The summed E-state index contributed by atoms with van der Waals surface area (Å²) in [7, 11) is 1.45. The van der Waals surface area contributed by atoms with Gasteiger partial charge in [-0.2, -0.15) is 0 Å². The van der Waals surface area contributed by atoms with Crippen molar-refractivity contribution in [1.82, 2.24) is 0 Å². The Kier molecular flexibility index (Phi) is 3.49. The van der Waals surface area contributed by atoms with Gasteiger partial charge in [-0.3, -0.25) is 4.79 Å². The standard InChI is InChI=1S/C15H12O3/c1-18-14-8-4-7-12(16)15(14)13(17)10-9-11-5-2-3-6-11/h2-5,7-8,16H,6H2,1H3. The number of ketones is 1. The summed E-state index contributed by atoms with van der Waals surface area (Å²) in [4.78, 5) is 11.9. The smallest absolute Gasteiger partial charge is 0.243 e. The van der Waals surface area contributed by atoms with E-state index in [4.69, 9.17) is 4.74 Å². The lowest BCUT2D eigenvalue weighted by Crippen LogP contribution is -2.00. The monoisotopic (exact) mass is 240 g/mol. The van der Waals surface area contributed by atoms with E-state index >= 15 is 0 Å². The van der Waals surface area contributed by atoms with Crippen LogP contribution < -0.4 is 4.74 Å². The molecule has 0 radical (unpaired) electrons. The van der Waals surface area contributed by atoms with Crippen LogP contribution in [0.3, 0.4) is 0 Å². The maximum atomic E-state index is 11.9. The average Bonchev–Trinajstić information content (AvgIpc) is 2.88. The maximum Gasteiger partial charge on any atom is 0.243 e. The van der Waals surface area contributed by atoms with Gasteiger partial charge in [0.2, 0.25) is 5.78 Å². The highest BCUT2D eigenvalue weighted by Gasteiger charge is 2.14. The first-order valence-electron chi connectivity index (χ1n) is 5.50. The van der Waals surface area contributed by atoms with Crippen LogP contribution >= 0.6 is 0 Å². The fraction of sp³-hybridized carbons (Fsp3) is 0.133. The van der Waals surface area contributed by atoms with Crippen LogP contribution in [0.4, 0.5) is 0 Å². The number of allylic oxidation sites excluding steroid dienone is 4. The van der Waals surface area contributed by atoms with Crippen molar-refractivity contribution < 1.29 is 14.6 Å². The third kappa shape index (κ3) is 2.44. The molecule has 0 spiro atoms. The molecule has 0 aromatic heterocycles. The summed E-state index contributed by atoms with van der Waals surface area (Å²) in [6.07, 6.45) is 6.48. The second kappa shape index (κ2) is 5.24. The van der Waals surface area contributed by atoms with Gasteiger partial charge in [0, 0.05) is 5.57 Å². The predicted molar refractivity (Wildman–Crippen MR) is 68.6 cm³/mol. The molecular formula is C15H12O3. The summed E-state index contributed by atoms with van der Waals surface area (Å²) in [5, 5.41) is 9.69. The summed E-state index contributed by atoms with van der Waals surface area (Å²) in [6, 6.07) is 4.67. The van der Waals surface area contributed by atoms with Crippen molar-refractivity contribution in [3.63, 3.8) is 0 Å². The average molecular weight is 240 g/mol. The number of benzene rings is 1. The first kappa shape index (κ1) is 12.0. The Balaban J connectivity index is 2.29. The number of carbonyl (C=O) groups excluding carboxylic acids is 1. The molecule has 3 heteroatoms. The molecular weight excluding hydrogens is 228 g/mol. The van der Waals surface area contributed by atoms with Gasteiger partial charge in [0.1, 0.15) is 17.1 Å². The Morgan fingerprint density at radius 3 is 2.94 bits per heavy atom. The van der Waals surface area contributed by atoms with Crippen LogP contribution in [0.15, 0.2) is 42.0 Å². The zero-order chi connectivity index (χ0) is 13.0. The van der Waals surface area contributed by atoms with Crippen LogP contribution in [-0.4, -0.2) is 18.0 Å². The molecule has 0 saturated carbocycles. The normalized spacial score (nSPS) is 12.6. The predicted octanol–water partition coefficient (Wildman–Crippen LogP) is 2.47. The first-order valence-corrected chi connectivity index (χ1v) is 5.50. The Morgan fingerprint density at radius 1 is 1.44 bits per heavy atom. The van der Waals surface area contributed by atoms with E-state index in [-0.39, 0.29) is 11.3 Å². The lowest BCUT2D eigenvalue weighted by atomic mass is 10.1. The van der Waals surface area contributed by atoms with Crippen molar-refractivity contribution in [2.75, 3.05) is 7.11 Å². The zero-order valence-electron chi connectivity index (χ0n) is 9.93. The number of carbonyl (C=O) groups is 1. The molecule has 3 nitrogen and oxygen atoms in total. The van der Waals surface area contributed by atoms with Crippen LogP contribution in [-0.2, 0) is 0 Å². The molecule has 0 unspecified atom stereocenters. The van der Waals surface area contributed by atoms with Crippen molar-refractivity contribution in [3.8, 4) is 23.3 Å². The van der Waals surface area contributed by atoms with Crippen molar-refractivity contribution >= 4 is 5.78 Å². The van der Waals surface area contributed by atoms with E-state index in [1.165, 1.54) is 13.2 Å². The number of hydrogen-bond donors (Lipinski definition) is 1. The van der Waals surface area contributed by atoms with Crippen molar-refractivity contribution in [1.29, 1.82) is 0 Å². The van der Waals surface area contributed by atoms with E-state index in [0.29, 0.717) is 5.75 Å². The summed E-state index contributed by atoms with van der Waals surface area (Å²) in [5.74, 6) is 5.07. The number of hydrogen-bond acceptors (Lipinski definition) is 3. The molecule has 0 saturated heterocycles. The summed E-state index contributed by atoms with van der Waals surface area (Å²) < 4.78 is 5.04. The van der Waals surface area contributed by atoms with Gasteiger partial charge in [-0.15, -0.1) is 0 Å². The van der Waals surface area contributed by atoms with Crippen LogP contribution in [0.5, 0.6) is 11.5 Å². The Morgan fingerprint density at radius 2 is 2.28 bits per heavy atom. The Labute approximate surface area is 105 Å². The molecule has 2 rings (SSSR count). The van der Waals surface area contributed by atoms with Crippen molar-refractivity contribution in [3.05, 3.63) is 47.6 Å². The molecule has 1 aliphatic rings. The molecule has 1 aliphatic carbocycles. The van der Waals surface area contributed by atoms with Gasteiger partial charge in [-0.25, -0.2) is 0 Å². The quantitative estimate of drug-likeness (QED) is 0.490. The van der Waals surface area contributed by atoms with E-state index in [1.807, 2.05) is 18.2 Å². The van der Waals surface area contributed by atoms with Crippen LogP contribution in [0.25, 0.3) is 0 Å². The molecule has 0 amide bonds. The van der Waals surface area contributed by atoms with E-state index < -0.39 is 5.78 Å². The SMILES string of the molecule is COc1cccc(O)c1C(=O)C#CC1=CC=CC1. The van der Waals surface area contributed by atoms with E-state index in [0.717, 1.165) is 12.0 Å². The van der Waals surface area contributed by atoms with Crippen molar-refractivity contribution in [2.45, 2.75) is 6.42 Å². The van der Waals surface area contributed by atoms with Crippen LogP contribution in [0, 0.1) is 11.8 Å². The van der Waals surface area contributed by atoms with Crippen molar-refractivity contribution in [2.24, 2.45) is 0 Å². The van der Waals surface area contributed by atoms with Gasteiger partial charge in [-0.1, -0.05) is 30.2 Å². The Hall–Kier alpha value is -2.47. The minimum Gasteiger partial charge on any atom is -0.507 e. The molecule has 1 aromatic rings. The highest BCUT2D eigenvalue weighted by molar-refractivity contribution is 6.12. The second-order valence-electron chi connectivity index (χ2n) is 3.76. The maximum absolute atomic E-state index is 11.9. The second-order valence-corrected chi connectivity index (χ2v) is 3.76. The minimum absolute atomic E-state index is 0.110. The zero-order valence-corrected chi connectivity index (χ0v) is 9.93. The van der Waals surface area contributed by atoms with Gasteiger partial charge in [0.15, 0.2) is 0 Å². The molecule has 0 bridgehead atoms. The van der Waals surface area contributed by atoms with Crippen LogP contribution in [0.1, 0.15) is 16.8 Å². The van der Waals surface area contributed by atoms with Gasteiger partial charge < -0.3 is 9.84 Å². The van der Waals surface area contributed by atoms with Gasteiger partial charge >= 0.3 is 0 Å². The molecule has 90 valence electrons. The molecule has 0 heterocycles. The lowest BCUT2D eigenvalue weighted by Gasteiger charge is -2.05. The largest absolute Gasteiger partial charge is 0.507 e. The third-order valence-electron chi connectivity index (χ3n) is 2.56. The van der Waals surface area contributed by atoms with Gasteiger partial charge in [0.25, 0.3) is 0 Å². The molecule has 1 N–H and O–H groups in total. The number of phenolic OH excluding ortho intramolecular Hbond substituents is 1. The number of aromatic hydroxyl groups is 1. The highest BCUT2D eigenvalue weighted by atomic mass is 16.5. The summed E-state index contributed by atoms with van der Waals surface area (Å²) in [5.41, 5.74) is 0.997. The van der Waals surface area contributed by atoms with E-state index in [9.17, 15) is 9.90 Å². The summed E-state index contributed by atoms with van der Waals surface area (Å²) >= 11 is 0. The number of Topliss-reactive ketones (excluding diaryl/α,β-unsaturated/α-hetero) is 1. The molecule has 0 aliphatic heterocycles. The van der Waals surface area contributed by atoms with E-state index in [1.54, 1.807) is 12.1 Å². The fourth-order valence-electron chi connectivity index (χ4n) is 1.66. The highest BCUT2D eigenvalue weighted by Crippen LogP contribution is 2.27. The van der Waals surface area contributed by atoms with Gasteiger partial charge in [-0.05, 0) is 24.5 Å². The molecule has 0 atom stereocenters. The Bertz CT molecular complexity index is 598. The molecule has 0 fully saturated rings. The third-order valence-corrected chi connectivity index (χ3v) is 2.56. The number of methoxy groups -OCH3 is 1. The minimum atomic E-state index is -0.447. The number of rotatable bonds is 2.